The molecule has 1 aliphatic heterocycles. The molecular weight excluding hydrogens is 368 g/mol. The van der Waals surface area contributed by atoms with Crippen LogP contribution in [-0.2, 0) is 4.74 Å². The summed E-state index contributed by atoms with van der Waals surface area (Å²) in [5.74, 6) is -0.690. The van der Waals surface area contributed by atoms with Gasteiger partial charge in [-0.15, -0.1) is 0 Å². The number of ether oxygens (including phenoxy) is 1. The zero-order valence-electron chi connectivity index (χ0n) is 16.9. The van der Waals surface area contributed by atoms with Crippen molar-refractivity contribution in [1.29, 1.82) is 0 Å². The first-order chi connectivity index (χ1) is 13.9. The average Bonchev–Trinajstić information content (AvgIpc) is 2.72. The molecule has 2 N–H and O–H groups in total. The molecule has 2 aromatic carbocycles. The first-order valence-electron chi connectivity index (χ1n) is 10.1. The van der Waals surface area contributed by atoms with E-state index in [9.17, 15) is 14.7 Å². The molecule has 1 heterocycles. The Morgan fingerprint density at radius 3 is 2.48 bits per heavy atom. The van der Waals surface area contributed by atoms with Crippen molar-refractivity contribution >= 4 is 17.3 Å². The minimum absolute atomic E-state index is 0.0968. The van der Waals surface area contributed by atoms with Gasteiger partial charge in [-0.3, -0.25) is 9.59 Å². The molecule has 2 atom stereocenters. The van der Waals surface area contributed by atoms with E-state index in [0.29, 0.717) is 29.4 Å². The Morgan fingerprint density at radius 1 is 1.10 bits per heavy atom. The van der Waals surface area contributed by atoms with E-state index in [1.165, 1.54) is 6.07 Å². The Hall–Kier alpha value is -2.70. The quantitative estimate of drug-likeness (QED) is 0.395. The molecule has 0 bridgehead atoms. The molecule has 1 saturated heterocycles. The van der Waals surface area contributed by atoms with E-state index < -0.39 is 0 Å². The number of benzene rings is 2. The molecule has 0 amide bonds. The highest BCUT2D eigenvalue weighted by Crippen LogP contribution is 2.36. The van der Waals surface area contributed by atoms with Crippen molar-refractivity contribution < 1.29 is 23.9 Å². The summed E-state index contributed by atoms with van der Waals surface area (Å²) < 4.78 is 6.52. The normalized spacial score (nSPS) is 23.4. The lowest BCUT2D eigenvalue weighted by atomic mass is 9.82. The van der Waals surface area contributed by atoms with Crippen LogP contribution in [0.3, 0.4) is 0 Å². The first-order valence-corrected chi connectivity index (χ1v) is 10.1. The second-order valence-corrected chi connectivity index (χ2v) is 8.22. The zero-order chi connectivity index (χ0) is 20.6. The lowest BCUT2D eigenvalue weighted by Gasteiger charge is -2.43. The van der Waals surface area contributed by atoms with E-state index >= 15 is 0 Å². The second-order valence-electron chi connectivity index (χ2n) is 8.22. The third-order valence-electron chi connectivity index (χ3n) is 6.38. The molecule has 152 valence electrons. The molecule has 2 aliphatic rings. The number of likely N-dealkylation sites (N-methyl/N-ethyl adjacent to an activating group) is 1. The molecular formula is C23H27N2O4+. The van der Waals surface area contributed by atoms with Gasteiger partial charge in [-0.1, -0.05) is 24.3 Å². The Morgan fingerprint density at radius 2 is 1.79 bits per heavy atom. The van der Waals surface area contributed by atoms with Crippen LogP contribution in [0, 0.1) is 0 Å². The summed E-state index contributed by atoms with van der Waals surface area (Å²) in [6.07, 6.45) is 0.926. The van der Waals surface area contributed by atoms with Gasteiger partial charge in [0.25, 0.3) is 0 Å². The number of carbonyl (C=O) groups is 2. The van der Waals surface area contributed by atoms with Crippen molar-refractivity contribution in [2.24, 2.45) is 0 Å². The Balaban J connectivity index is 1.53. The molecule has 1 aliphatic carbocycles. The highest BCUT2D eigenvalue weighted by Gasteiger charge is 2.34. The number of nitrogens with zero attached hydrogens (tertiary/aromatic N) is 1. The summed E-state index contributed by atoms with van der Waals surface area (Å²) in [5.41, 5.74) is 1.70. The minimum Gasteiger partial charge on any atom is -0.507 e. The van der Waals surface area contributed by atoms with E-state index in [4.69, 9.17) is 4.74 Å². The van der Waals surface area contributed by atoms with Gasteiger partial charge in [-0.2, -0.15) is 0 Å². The van der Waals surface area contributed by atoms with E-state index in [1.54, 1.807) is 30.3 Å². The minimum atomic E-state index is -0.309. The smallest absolute Gasteiger partial charge is 0.198 e. The number of nitrogens with one attached hydrogen (secondary N) is 1. The molecule has 1 fully saturated rings. The maximum Gasteiger partial charge on any atom is 0.198 e. The molecule has 29 heavy (non-hydrogen) atoms. The number of hydrogen-bond acceptors (Lipinski definition) is 5. The number of carbonyl (C=O) groups excluding carboxylic acids is 2. The molecule has 2 unspecified atom stereocenters. The van der Waals surface area contributed by atoms with Gasteiger partial charge in [-0.05, 0) is 19.1 Å². The molecule has 2 aromatic rings. The van der Waals surface area contributed by atoms with Crippen LogP contribution in [0.25, 0.3) is 0 Å². The summed E-state index contributed by atoms with van der Waals surface area (Å²) in [7, 11) is 2.26. The van der Waals surface area contributed by atoms with Crippen LogP contribution in [0.4, 0.5) is 5.69 Å². The van der Waals surface area contributed by atoms with Crippen molar-refractivity contribution in [2.75, 3.05) is 45.2 Å². The molecule has 0 aromatic heterocycles. The number of anilines is 1. The summed E-state index contributed by atoms with van der Waals surface area (Å²) in [4.78, 5) is 26.0. The maximum absolute atomic E-state index is 13.1. The van der Waals surface area contributed by atoms with E-state index in [0.717, 1.165) is 37.2 Å². The van der Waals surface area contributed by atoms with Crippen molar-refractivity contribution in [3.05, 3.63) is 58.7 Å². The molecule has 6 heteroatoms. The number of rotatable bonds is 5. The van der Waals surface area contributed by atoms with Crippen molar-refractivity contribution in [3.8, 4) is 5.75 Å². The lowest BCUT2D eigenvalue weighted by Crippen LogP contribution is -2.58. The number of phenolic OH excluding ortho intramolecular Hbond substituents is 1. The van der Waals surface area contributed by atoms with Gasteiger partial charge in [0.2, 0.25) is 0 Å². The summed E-state index contributed by atoms with van der Waals surface area (Å²) in [6.45, 7) is 6.47. The van der Waals surface area contributed by atoms with Gasteiger partial charge < -0.3 is 19.6 Å². The SMILES string of the molecule is CC1COCC[N+]1(C)CCCNc1ccc(O)c2c1C(=O)c1ccccc1C2=O. The van der Waals surface area contributed by atoms with Crippen molar-refractivity contribution in [1.82, 2.24) is 0 Å². The van der Waals surface area contributed by atoms with Crippen LogP contribution in [-0.4, -0.2) is 67.1 Å². The molecule has 0 spiro atoms. The molecule has 4 rings (SSSR count). The number of morpholine rings is 1. The van der Waals surface area contributed by atoms with Crippen LogP contribution >= 0.6 is 0 Å². The summed E-state index contributed by atoms with van der Waals surface area (Å²) in [5, 5.41) is 13.6. The van der Waals surface area contributed by atoms with Gasteiger partial charge >= 0.3 is 0 Å². The number of quaternary nitrogens is 1. The predicted molar refractivity (Wildman–Crippen MR) is 111 cm³/mol. The van der Waals surface area contributed by atoms with Gasteiger partial charge in [-0.25, -0.2) is 0 Å². The van der Waals surface area contributed by atoms with Crippen LogP contribution in [0.15, 0.2) is 36.4 Å². The predicted octanol–water partition coefficient (Wildman–Crippen LogP) is 2.83. The molecule has 6 nitrogen and oxygen atoms in total. The van der Waals surface area contributed by atoms with Gasteiger partial charge in [0, 0.05) is 29.8 Å². The number of hydrogen-bond donors (Lipinski definition) is 2. The maximum atomic E-state index is 13.1. The third-order valence-corrected chi connectivity index (χ3v) is 6.38. The Kier molecular flexibility index (Phi) is 5.15. The third kappa shape index (κ3) is 3.43. The lowest BCUT2D eigenvalue weighted by molar-refractivity contribution is -0.939. The van der Waals surface area contributed by atoms with Crippen molar-refractivity contribution in [2.45, 2.75) is 19.4 Å². The van der Waals surface area contributed by atoms with Gasteiger partial charge in [0.1, 0.15) is 18.3 Å². The largest absolute Gasteiger partial charge is 0.507 e. The Labute approximate surface area is 170 Å². The number of phenols is 1. The van der Waals surface area contributed by atoms with Crippen LogP contribution in [0.5, 0.6) is 5.75 Å². The van der Waals surface area contributed by atoms with E-state index in [1.807, 2.05) is 0 Å². The van der Waals surface area contributed by atoms with Gasteiger partial charge in [0.05, 0.1) is 37.9 Å². The van der Waals surface area contributed by atoms with E-state index in [2.05, 4.69) is 19.3 Å². The molecule has 0 radical (unpaired) electrons. The fourth-order valence-electron chi connectivity index (χ4n) is 4.28. The first kappa shape index (κ1) is 19.6. The van der Waals surface area contributed by atoms with E-state index in [-0.39, 0.29) is 28.4 Å². The summed E-state index contributed by atoms with van der Waals surface area (Å²) in [6, 6.07) is 10.4. The molecule has 0 saturated carbocycles. The van der Waals surface area contributed by atoms with Crippen molar-refractivity contribution in [3.63, 3.8) is 0 Å². The zero-order valence-corrected chi connectivity index (χ0v) is 16.9. The monoisotopic (exact) mass is 395 g/mol. The number of aromatic hydroxyl groups is 1. The van der Waals surface area contributed by atoms with Crippen LogP contribution in [0.1, 0.15) is 45.2 Å². The highest BCUT2D eigenvalue weighted by molar-refractivity contribution is 6.31. The summed E-state index contributed by atoms with van der Waals surface area (Å²) >= 11 is 0. The van der Waals surface area contributed by atoms with Gasteiger partial charge in [0.15, 0.2) is 11.6 Å². The van der Waals surface area contributed by atoms with Crippen LogP contribution in [0.2, 0.25) is 0 Å². The average molecular weight is 395 g/mol. The number of ketones is 2. The standard InChI is InChI=1S/C23H26N2O4/c1-15-14-29-13-12-25(15,2)11-5-10-24-18-8-9-19(26)21-20(18)22(27)16-6-3-4-7-17(16)23(21)28/h3-4,6-9,15H,5,10-14H2,1-2H3,(H-,24,26,27,28)/p+1. The highest BCUT2D eigenvalue weighted by atomic mass is 16.5. The fraction of sp³-hybridized carbons (Fsp3) is 0.391. The Bertz CT molecular complexity index is 971. The second kappa shape index (κ2) is 7.61. The fourth-order valence-corrected chi connectivity index (χ4v) is 4.28. The van der Waals surface area contributed by atoms with Crippen LogP contribution < -0.4 is 5.32 Å². The topological polar surface area (TPSA) is 75.6 Å². The number of fused-ring (bicyclic) bond motifs is 2.